The zero-order valence-electron chi connectivity index (χ0n) is 12.3. The van der Waals surface area contributed by atoms with Crippen LogP contribution in [0.1, 0.15) is 37.7 Å². The van der Waals surface area contributed by atoms with Crippen molar-refractivity contribution in [1.82, 2.24) is 4.90 Å². The lowest BCUT2D eigenvalue weighted by atomic mass is 9.90. The standard InChI is InChI=1S/C17H22FNO2/c18-14-6-2-1-5-13(14)9-10-17(20)19-11-12-21-16-8-4-3-7-15(16)19/h1-2,5-6,15-16H,3-4,7-12H2. The van der Waals surface area contributed by atoms with Gasteiger partial charge in [-0.05, 0) is 30.9 Å². The molecule has 21 heavy (non-hydrogen) atoms. The van der Waals surface area contributed by atoms with Crippen molar-refractivity contribution in [1.29, 1.82) is 0 Å². The Morgan fingerprint density at radius 2 is 2.10 bits per heavy atom. The van der Waals surface area contributed by atoms with Crippen molar-refractivity contribution in [3.05, 3.63) is 35.6 Å². The van der Waals surface area contributed by atoms with Crippen molar-refractivity contribution in [2.75, 3.05) is 13.2 Å². The van der Waals surface area contributed by atoms with Gasteiger partial charge < -0.3 is 9.64 Å². The van der Waals surface area contributed by atoms with Gasteiger partial charge in [0.05, 0.1) is 18.8 Å². The molecule has 1 aromatic rings. The smallest absolute Gasteiger partial charge is 0.223 e. The summed E-state index contributed by atoms with van der Waals surface area (Å²) in [6.07, 6.45) is 5.52. The maximum atomic E-state index is 13.6. The summed E-state index contributed by atoms with van der Waals surface area (Å²) in [6.45, 7) is 1.31. The molecular formula is C17H22FNO2. The third kappa shape index (κ3) is 3.26. The minimum Gasteiger partial charge on any atom is -0.374 e. The van der Waals surface area contributed by atoms with Crippen LogP contribution in [0.4, 0.5) is 4.39 Å². The summed E-state index contributed by atoms with van der Waals surface area (Å²) in [5, 5.41) is 0. The van der Waals surface area contributed by atoms with Crippen LogP contribution in [-0.2, 0) is 16.0 Å². The number of halogens is 1. The highest BCUT2D eigenvalue weighted by Gasteiger charge is 2.36. The molecule has 0 N–H and O–H groups in total. The summed E-state index contributed by atoms with van der Waals surface area (Å²) in [7, 11) is 0. The van der Waals surface area contributed by atoms with Crippen molar-refractivity contribution in [3.63, 3.8) is 0 Å². The van der Waals surface area contributed by atoms with Gasteiger partial charge in [-0.15, -0.1) is 0 Å². The topological polar surface area (TPSA) is 29.5 Å². The quantitative estimate of drug-likeness (QED) is 0.857. The molecule has 3 nitrogen and oxygen atoms in total. The van der Waals surface area contributed by atoms with Gasteiger partial charge in [-0.1, -0.05) is 31.0 Å². The molecule has 114 valence electrons. The van der Waals surface area contributed by atoms with E-state index in [0.29, 0.717) is 31.6 Å². The maximum Gasteiger partial charge on any atom is 0.223 e. The summed E-state index contributed by atoms with van der Waals surface area (Å²) in [6, 6.07) is 6.93. The first-order chi connectivity index (χ1) is 10.3. The number of fused-ring (bicyclic) bond motifs is 1. The molecule has 1 aliphatic carbocycles. The number of amides is 1. The highest BCUT2D eigenvalue weighted by molar-refractivity contribution is 5.77. The monoisotopic (exact) mass is 291 g/mol. The lowest BCUT2D eigenvalue weighted by Gasteiger charge is -2.43. The minimum absolute atomic E-state index is 0.137. The summed E-state index contributed by atoms with van der Waals surface area (Å²) < 4.78 is 19.4. The zero-order valence-corrected chi connectivity index (χ0v) is 12.3. The Morgan fingerprint density at radius 3 is 2.95 bits per heavy atom. The third-order valence-corrected chi connectivity index (χ3v) is 4.62. The Hall–Kier alpha value is -1.42. The van der Waals surface area contributed by atoms with Crippen molar-refractivity contribution in [3.8, 4) is 0 Å². The molecule has 1 amide bonds. The predicted octanol–water partition coefficient (Wildman–Crippen LogP) is 2.93. The van der Waals surface area contributed by atoms with E-state index >= 15 is 0 Å². The van der Waals surface area contributed by atoms with Crippen molar-refractivity contribution in [2.45, 2.75) is 50.7 Å². The van der Waals surface area contributed by atoms with E-state index in [2.05, 4.69) is 0 Å². The van der Waals surface area contributed by atoms with Crippen LogP contribution in [-0.4, -0.2) is 36.1 Å². The van der Waals surface area contributed by atoms with Crippen molar-refractivity contribution >= 4 is 5.91 Å². The number of aryl methyl sites for hydroxylation is 1. The van der Waals surface area contributed by atoms with E-state index < -0.39 is 0 Å². The van der Waals surface area contributed by atoms with Crippen LogP contribution >= 0.6 is 0 Å². The lowest BCUT2D eigenvalue weighted by molar-refractivity contribution is -0.149. The van der Waals surface area contributed by atoms with E-state index in [4.69, 9.17) is 4.74 Å². The van der Waals surface area contributed by atoms with Crippen LogP contribution in [0.3, 0.4) is 0 Å². The third-order valence-electron chi connectivity index (χ3n) is 4.62. The van der Waals surface area contributed by atoms with E-state index in [0.717, 1.165) is 12.8 Å². The average molecular weight is 291 g/mol. The highest BCUT2D eigenvalue weighted by Crippen LogP contribution is 2.29. The number of carbonyl (C=O) groups is 1. The molecule has 2 atom stereocenters. The Balaban J connectivity index is 1.60. The van der Waals surface area contributed by atoms with Gasteiger partial charge in [0.25, 0.3) is 0 Å². The first-order valence-corrected chi connectivity index (χ1v) is 7.90. The van der Waals surface area contributed by atoms with Gasteiger partial charge in [-0.25, -0.2) is 4.39 Å². The van der Waals surface area contributed by atoms with Crippen LogP contribution < -0.4 is 0 Å². The van der Waals surface area contributed by atoms with Gasteiger partial charge in [-0.2, -0.15) is 0 Å². The molecule has 2 unspecified atom stereocenters. The second-order valence-corrected chi connectivity index (χ2v) is 5.94. The Bertz CT molecular complexity index is 503. The normalized spacial score (nSPS) is 25.5. The fourth-order valence-corrected chi connectivity index (χ4v) is 3.49. The molecular weight excluding hydrogens is 269 g/mol. The summed E-state index contributed by atoms with van der Waals surface area (Å²) in [5.41, 5.74) is 0.624. The molecule has 0 aromatic heterocycles. The number of hydrogen-bond acceptors (Lipinski definition) is 2. The molecule has 0 bridgehead atoms. The van der Waals surface area contributed by atoms with Gasteiger partial charge in [0.2, 0.25) is 5.91 Å². The molecule has 4 heteroatoms. The first kappa shape index (κ1) is 14.5. The van der Waals surface area contributed by atoms with E-state index in [-0.39, 0.29) is 23.9 Å². The van der Waals surface area contributed by atoms with Crippen molar-refractivity contribution < 1.29 is 13.9 Å². The summed E-state index contributed by atoms with van der Waals surface area (Å²) >= 11 is 0. The molecule has 0 spiro atoms. The second kappa shape index (κ2) is 6.56. The van der Waals surface area contributed by atoms with E-state index in [1.165, 1.54) is 18.9 Å². The molecule has 2 fully saturated rings. The van der Waals surface area contributed by atoms with Gasteiger partial charge in [-0.3, -0.25) is 4.79 Å². The number of nitrogens with zero attached hydrogens (tertiary/aromatic N) is 1. The second-order valence-electron chi connectivity index (χ2n) is 5.94. The highest BCUT2D eigenvalue weighted by atomic mass is 19.1. The fourth-order valence-electron chi connectivity index (χ4n) is 3.49. The van der Waals surface area contributed by atoms with Gasteiger partial charge in [0.15, 0.2) is 0 Å². The Labute approximate surface area is 125 Å². The van der Waals surface area contributed by atoms with Gasteiger partial charge in [0.1, 0.15) is 5.82 Å². The molecule has 3 rings (SSSR count). The number of ether oxygens (including phenoxy) is 1. The Kier molecular flexibility index (Phi) is 4.54. The van der Waals surface area contributed by atoms with Gasteiger partial charge >= 0.3 is 0 Å². The minimum atomic E-state index is -0.220. The summed E-state index contributed by atoms with van der Waals surface area (Å²) in [5.74, 6) is -0.0822. The number of benzene rings is 1. The first-order valence-electron chi connectivity index (χ1n) is 7.90. The zero-order chi connectivity index (χ0) is 14.7. The van der Waals surface area contributed by atoms with Crippen LogP contribution in [0.2, 0.25) is 0 Å². The van der Waals surface area contributed by atoms with Crippen LogP contribution in [0.25, 0.3) is 0 Å². The van der Waals surface area contributed by atoms with Crippen LogP contribution in [0.15, 0.2) is 24.3 Å². The largest absolute Gasteiger partial charge is 0.374 e. The Morgan fingerprint density at radius 1 is 1.29 bits per heavy atom. The molecule has 2 aliphatic rings. The van der Waals surface area contributed by atoms with Crippen LogP contribution in [0.5, 0.6) is 0 Å². The van der Waals surface area contributed by atoms with Crippen LogP contribution in [0, 0.1) is 5.82 Å². The summed E-state index contributed by atoms with van der Waals surface area (Å²) in [4.78, 5) is 14.5. The van der Waals surface area contributed by atoms with Crippen molar-refractivity contribution in [2.24, 2.45) is 0 Å². The molecule has 1 heterocycles. The SMILES string of the molecule is O=C(CCc1ccccc1F)N1CCOC2CCCCC21. The number of carbonyl (C=O) groups excluding carboxylic acids is 1. The molecule has 1 saturated heterocycles. The predicted molar refractivity (Wildman–Crippen MR) is 78.4 cm³/mol. The molecule has 1 aliphatic heterocycles. The average Bonchev–Trinajstić information content (AvgIpc) is 2.53. The fraction of sp³-hybridized carbons (Fsp3) is 0.588. The number of rotatable bonds is 3. The van der Waals surface area contributed by atoms with Gasteiger partial charge in [0, 0.05) is 13.0 Å². The molecule has 1 saturated carbocycles. The van der Waals surface area contributed by atoms with E-state index in [1.807, 2.05) is 11.0 Å². The molecule has 0 radical (unpaired) electrons. The lowest BCUT2D eigenvalue weighted by Crippen LogP contribution is -2.54. The number of hydrogen-bond donors (Lipinski definition) is 0. The molecule has 1 aromatic carbocycles. The van der Waals surface area contributed by atoms with E-state index in [9.17, 15) is 9.18 Å². The van der Waals surface area contributed by atoms with E-state index in [1.54, 1.807) is 12.1 Å². The maximum absolute atomic E-state index is 13.6. The number of morpholine rings is 1.